The van der Waals surface area contributed by atoms with Gasteiger partial charge >= 0.3 is 5.97 Å². The van der Waals surface area contributed by atoms with E-state index in [9.17, 15) is 14.9 Å². The monoisotopic (exact) mass is 432 g/mol. The number of fused-ring (bicyclic) bond motifs is 1. The molecule has 0 atom stereocenters. The first-order valence-corrected chi connectivity index (χ1v) is 10.7. The van der Waals surface area contributed by atoms with Gasteiger partial charge in [0.25, 0.3) is 5.91 Å². The lowest BCUT2D eigenvalue weighted by Crippen LogP contribution is -2.24. The largest absolute Gasteiger partial charge is 0.454 e. The van der Waals surface area contributed by atoms with E-state index in [1.165, 1.54) is 6.08 Å². The van der Waals surface area contributed by atoms with Crippen molar-refractivity contribution in [2.24, 2.45) is 5.92 Å². The average Bonchev–Trinajstić information content (AvgIpc) is 3.30. The normalized spacial score (nSPS) is 15.7. The molecule has 0 saturated heterocycles. The Morgan fingerprint density at radius 3 is 2.72 bits per heavy atom. The maximum Gasteiger partial charge on any atom is 0.314 e. The summed E-state index contributed by atoms with van der Waals surface area (Å²) in [6.07, 6.45) is 6.47. The summed E-state index contributed by atoms with van der Waals surface area (Å²) in [5.74, 6) is 0.948. The molecule has 1 heterocycles. The Bertz CT molecular complexity index is 1080. The number of carbonyl (C=O) groups is 2. The zero-order valence-corrected chi connectivity index (χ0v) is 17.6. The third-order valence-electron chi connectivity index (χ3n) is 5.58. The molecule has 1 saturated carbocycles. The van der Waals surface area contributed by atoms with Gasteiger partial charge in [0.05, 0.1) is 5.92 Å². The van der Waals surface area contributed by atoms with Crippen LogP contribution in [-0.4, -0.2) is 18.7 Å². The van der Waals surface area contributed by atoms with Crippen LogP contribution in [-0.2, 0) is 16.1 Å². The molecule has 2 aromatic carbocycles. The first kappa shape index (κ1) is 21.4. The second kappa shape index (κ2) is 10.0. The average molecular weight is 432 g/mol. The molecule has 0 unspecified atom stereocenters. The van der Waals surface area contributed by atoms with Crippen molar-refractivity contribution in [1.82, 2.24) is 5.32 Å². The second-order valence-electron chi connectivity index (χ2n) is 7.87. The summed E-state index contributed by atoms with van der Waals surface area (Å²) in [5, 5.41) is 12.2. The molecule has 7 nitrogen and oxygen atoms in total. The van der Waals surface area contributed by atoms with E-state index in [-0.39, 0.29) is 30.8 Å². The Morgan fingerprint density at radius 2 is 1.91 bits per heavy atom. The molecule has 1 fully saturated rings. The fourth-order valence-corrected chi connectivity index (χ4v) is 3.85. The van der Waals surface area contributed by atoms with Crippen molar-refractivity contribution in [3.05, 3.63) is 59.2 Å². The maximum atomic E-state index is 12.5. The van der Waals surface area contributed by atoms with Gasteiger partial charge in [-0.2, -0.15) is 5.26 Å². The highest BCUT2D eigenvalue weighted by molar-refractivity contribution is 6.01. The summed E-state index contributed by atoms with van der Waals surface area (Å²) in [6, 6.07) is 14.2. The van der Waals surface area contributed by atoms with Crippen molar-refractivity contribution in [1.29, 1.82) is 5.26 Å². The molecule has 4 rings (SSSR count). The second-order valence-corrected chi connectivity index (χ2v) is 7.87. The molecule has 1 N–H and O–H groups in total. The van der Waals surface area contributed by atoms with Gasteiger partial charge in [0.1, 0.15) is 17.4 Å². The first-order valence-electron chi connectivity index (χ1n) is 10.7. The molecule has 164 valence electrons. The van der Waals surface area contributed by atoms with E-state index in [1.807, 2.05) is 12.1 Å². The molecule has 0 bridgehead atoms. The van der Waals surface area contributed by atoms with Crippen LogP contribution < -0.4 is 19.5 Å². The number of hydrogen-bond donors (Lipinski definition) is 1. The number of ether oxygens (including phenoxy) is 3. The third-order valence-corrected chi connectivity index (χ3v) is 5.58. The molecule has 1 aliphatic heterocycles. The predicted octanol–water partition coefficient (Wildman–Crippen LogP) is 4.12. The lowest BCUT2D eigenvalue weighted by Gasteiger charge is -2.19. The number of rotatable bonds is 6. The lowest BCUT2D eigenvalue weighted by molar-refractivity contribution is -0.140. The lowest BCUT2D eigenvalue weighted by atomic mass is 9.89. The number of amides is 1. The standard InChI is InChI=1S/C25H24N2O5/c26-14-20(24(28)27-15-18-9-10-22-23(13-18)31-16-30-22)11-17-5-4-8-21(12-17)32-25(29)19-6-2-1-3-7-19/h4-5,8-13,19H,1-3,6-7,15-16H2,(H,27,28)/b20-11+. The minimum absolute atomic E-state index is 0.0403. The SMILES string of the molecule is N#C/C(=C\c1cccc(OC(=O)C2CCCCC2)c1)C(=O)NCc1ccc2c(c1)OCO2. The topological polar surface area (TPSA) is 97.7 Å². The summed E-state index contributed by atoms with van der Waals surface area (Å²) >= 11 is 0. The van der Waals surface area contributed by atoms with Crippen LogP contribution in [0.25, 0.3) is 6.08 Å². The molecule has 1 aliphatic carbocycles. The van der Waals surface area contributed by atoms with Crippen LogP contribution in [0.15, 0.2) is 48.0 Å². The molecule has 2 aromatic rings. The van der Waals surface area contributed by atoms with Crippen LogP contribution in [0.3, 0.4) is 0 Å². The molecule has 0 spiro atoms. The zero-order chi connectivity index (χ0) is 22.3. The van der Waals surface area contributed by atoms with Crippen molar-refractivity contribution < 1.29 is 23.8 Å². The van der Waals surface area contributed by atoms with Crippen LogP contribution in [0, 0.1) is 17.2 Å². The van der Waals surface area contributed by atoms with Gasteiger partial charge in [-0.3, -0.25) is 9.59 Å². The van der Waals surface area contributed by atoms with Gasteiger partial charge in [0, 0.05) is 6.54 Å². The molecule has 0 aromatic heterocycles. The van der Waals surface area contributed by atoms with Crippen LogP contribution in [0.1, 0.15) is 43.2 Å². The summed E-state index contributed by atoms with van der Waals surface area (Å²) < 4.78 is 16.2. The molecule has 7 heteroatoms. The number of benzene rings is 2. The summed E-state index contributed by atoms with van der Waals surface area (Å²) in [6.45, 7) is 0.426. The Hall–Kier alpha value is -3.79. The first-order chi connectivity index (χ1) is 15.6. The van der Waals surface area contributed by atoms with Crippen molar-refractivity contribution in [3.63, 3.8) is 0 Å². The minimum Gasteiger partial charge on any atom is -0.454 e. The van der Waals surface area contributed by atoms with Gasteiger partial charge in [0.15, 0.2) is 11.5 Å². The summed E-state index contributed by atoms with van der Waals surface area (Å²) in [4.78, 5) is 24.9. The molecule has 1 amide bonds. The van der Waals surface area contributed by atoms with Gasteiger partial charge in [-0.15, -0.1) is 0 Å². The van der Waals surface area contributed by atoms with Gasteiger partial charge in [-0.1, -0.05) is 37.5 Å². The van der Waals surface area contributed by atoms with E-state index in [2.05, 4.69) is 5.32 Å². The number of nitrogens with zero attached hydrogens (tertiary/aromatic N) is 1. The van der Waals surface area contributed by atoms with Crippen LogP contribution in [0.2, 0.25) is 0 Å². The van der Waals surface area contributed by atoms with Crippen LogP contribution >= 0.6 is 0 Å². The molecule has 32 heavy (non-hydrogen) atoms. The number of carbonyl (C=O) groups excluding carboxylic acids is 2. The highest BCUT2D eigenvalue weighted by Crippen LogP contribution is 2.32. The third kappa shape index (κ3) is 5.27. The van der Waals surface area contributed by atoms with Gasteiger partial charge in [0.2, 0.25) is 6.79 Å². The zero-order valence-electron chi connectivity index (χ0n) is 17.6. The summed E-state index contributed by atoms with van der Waals surface area (Å²) in [5.41, 5.74) is 1.40. The molecule has 0 radical (unpaired) electrons. The Labute approximate surface area is 186 Å². The quantitative estimate of drug-likeness (QED) is 0.319. The highest BCUT2D eigenvalue weighted by Gasteiger charge is 2.23. The smallest absolute Gasteiger partial charge is 0.314 e. The fraction of sp³-hybridized carbons (Fsp3) is 0.320. The van der Waals surface area contributed by atoms with E-state index >= 15 is 0 Å². The van der Waals surface area contributed by atoms with E-state index in [1.54, 1.807) is 36.4 Å². The van der Waals surface area contributed by atoms with E-state index < -0.39 is 5.91 Å². The molecular formula is C25H24N2O5. The number of nitriles is 1. The predicted molar refractivity (Wildman–Crippen MR) is 117 cm³/mol. The van der Waals surface area contributed by atoms with Gasteiger partial charge < -0.3 is 19.5 Å². The fourth-order valence-electron chi connectivity index (χ4n) is 3.85. The Kier molecular flexibility index (Phi) is 6.71. The number of esters is 1. The van der Waals surface area contributed by atoms with Crippen molar-refractivity contribution in [2.45, 2.75) is 38.6 Å². The molecular weight excluding hydrogens is 408 g/mol. The number of nitrogens with one attached hydrogen (secondary N) is 1. The number of hydrogen-bond acceptors (Lipinski definition) is 6. The molecule has 2 aliphatic rings. The van der Waals surface area contributed by atoms with E-state index in [0.717, 1.165) is 37.7 Å². The maximum absolute atomic E-state index is 12.5. The van der Waals surface area contributed by atoms with E-state index in [0.29, 0.717) is 22.8 Å². The van der Waals surface area contributed by atoms with Crippen LogP contribution in [0.4, 0.5) is 0 Å². The van der Waals surface area contributed by atoms with Gasteiger partial charge in [-0.05, 0) is 54.3 Å². The van der Waals surface area contributed by atoms with Crippen molar-refractivity contribution in [2.75, 3.05) is 6.79 Å². The Balaban J connectivity index is 1.38. The summed E-state index contributed by atoms with van der Waals surface area (Å²) in [7, 11) is 0. The van der Waals surface area contributed by atoms with Crippen molar-refractivity contribution in [3.8, 4) is 23.3 Å². The van der Waals surface area contributed by atoms with Crippen molar-refractivity contribution >= 4 is 18.0 Å². The minimum atomic E-state index is -0.491. The highest BCUT2D eigenvalue weighted by atomic mass is 16.7. The van der Waals surface area contributed by atoms with Gasteiger partial charge in [-0.25, -0.2) is 0 Å². The Morgan fingerprint density at radius 1 is 1.09 bits per heavy atom. The van der Waals surface area contributed by atoms with Crippen LogP contribution in [0.5, 0.6) is 17.2 Å². The van der Waals surface area contributed by atoms with E-state index in [4.69, 9.17) is 14.2 Å².